The van der Waals surface area contributed by atoms with Gasteiger partial charge < -0.3 is 15.0 Å². The summed E-state index contributed by atoms with van der Waals surface area (Å²) < 4.78 is 5.12. The van der Waals surface area contributed by atoms with Crippen LogP contribution >= 0.6 is 0 Å². The van der Waals surface area contributed by atoms with E-state index in [1.807, 2.05) is 24.3 Å². The maximum Gasteiger partial charge on any atom is 0.227 e. The van der Waals surface area contributed by atoms with Crippen molar-refractivity contribution >= 4 is 11.8 Å². The van der Waals surface area contributed by atoms with Crippen LogP contribution in [0.15, 0.2) is 36.4 Å². The minimum Gasteiger partial charge on any atom is -0.383 e. The average molecular weight is 326 g/mol. The molecule has 128 valence electrons. The lowest BCUT2D eigenvalue weighted by atomic mass is 10.0. The van der Waals surface area contributed by atoms with E-state index in [0.717, 1.165) is 42.7 Å². The van der Waals surface area contributed by atoms with Crippen LogP contribution in [0.4, 0.5) is 11.8 Å². The van der Waals surface area contributed by atoms with Crippen molar-refractivity contribution in [2.45, 2.75) is 19.8 Å². The molecule has 2 aromatic rings. The number of hydrogen-bond donors (Lipinski definition) is 1. The van der Waals surface area contributed by atoms with Crippen molar-refractivity contribution in [3.63, 3.8) is 0 Å². The first-order valence-electron chi connectivity index (χ1n) is 8.68. The van der Waals surface area contributed by atoms with E-state index < -0.39 is 0 Å². The molecule has 5 nitrogen and oxygen atoms in total. The molecule has 1 aromatic carbocycles. The first-order chi connectivity index (χ1) is 11.8. The summed E-state index contributed by atoms with van der Waals surface area (Å²) in [6.07, 6.45) is 2.49. The third-order valence-corrected chi connectivity index (χ3v) is 4.34. The van der Waals surface area contributed by atoms with E-state index in [2.05, 4.69) is 29.3 Å². The maximum atomic E-state index is 5.12. The molecule has 1 saturated heterocycles. The molecule has 0 aliphatic carbocycles. The Morgan fingerprint density at radius 3 is 2.83 bits per heavy atom. The molecule has 0 amide bonds. The van der Waals surface area contributed by atoms with Crippen LogP contribution in [0.3, 0.4) is 0 Å². The highest BCUT2D eigenvalue weighted by atomic mass is 16.5. The van der Waals surface area contributed by atoms with Crippen molar-refractivity contribution < 1.29 is 4.74 Å². The van der Waals surface area contributed by atoms with Gasteiger partial charge in [0.1, 0.15) is 5.82 Å². The molecule has 1 aromatic heterocycles. The lowest BCUT2D eigenvalue weighted by Crippen LogP contribution is -2.35. The van der Waals surface area contributed by atoms with Crippen LogP contribution in [-0.2, 0) is 4.74 Å². The predicted octanol–water partition coefficient (Wildman–Crippen LogP) is 3.44. The van der Waals surface area contributed by atoms with Gasteiger partial charge in [-0.1, -0.05) is 37.3 Å². The molecule has 2 heterocycles. The fourth-order valence-corrected chi connectivity index (χ4v) is 3.08. The molecule has 24 heavy (non-hydrogen) atoms. The van der Waals surface area contributed by atoms with Crippen LogP contribution in [-0.4, -0.2) is 43.3 Å². The molecule has 0 spiro atoms. The lowest BCUT2D eigenvalue weighted by molar-refractivity contribution is 0.210. The van der Waals surface area contributed by atoms with E-state index in [9.17, 15) is 0 Å². The Morgan fingerprint density at radius 1 is 1.25 bits per heavy atom. The summed E-state index contributed by atoms with van der Waals surface area (Å²) in [4.78, 5) is 11.9. The van der Waals surface area contributed by atoms with E-state index in [1.54, 1.807) is 7.11 Å². The molecular formula is C19H26N4O. The van der Waals surface area contributed by atoms with Crippen LogP contribution < -0.4 is 10.2 Å². The highest BCUT2D eigenvalue weighted by Gasteiger charge is 2.20. The molecule has 0 saturated carbocycles. The van der Waals surface area contributed by atoms with Gasteiger partial charge in [-0.15, -0.1) is 0 Å². The summed E-state index contributed by atoms with van der Waals surface area (Å²) in [6.45, 7) is 5.74. The second-order valence-electron chi connectivity index (χ2n) is 6.42. The molecule has 0 bridgehead atoms. The smallest absolute Gasteiger partial charge is 0.227 e. The number of nitrogens with one attached hydrogen (secondary N) is 1. The van der Waals surface area contributed by atoms with Crippen molar-refractivity contribution in [3.8, 4) is 11.3 Å². The minimum atomic E-state index is 0.654. The zero-order valence-corrected chi connectivity index (χ0v) is 14.5. The van der Waals surface area contributed by atoms with Crippen LogP contribution in [0.1, 0.15) is 19.8 Å². The normalized spacial score (nSPS) is 17.8. The summed E-state index contributed by atoms with van der Waals surface area (Å²) >= 11 is 0. The SMILES string of the molecule is COCCNc1cc(-c2ccccc2)nc(N2CCCC(C)C2)n1. The zero-order valence-electron chi connectivity index (χ0n) is 14.5. The number of piperidine rings is 1. The van der Waals surface area contributed by atoms with Crippen molar-refractivity contribution in [1.82, 2.24) is 9.97 Å². The van der Waals surface area contributed by atoms with E-state index >= 15 is 0 Å². The van der Waals surface area contributed by atoms with Crippen LogP contribution in [0.2, 0.25) is 0 Å². The minimum absolute atomic E-state index is 0.654. The largest absolute Gasteiger partial charge is 0.383 e. The van der Waals surface area contributed by atoms with E-state index in [-0.39, 0.29) is 0 Å². The summed E-state index contributed by atoms with van der Waals surface area (Å²) in [6, 6.07) is 12.3. The monoisotopic (exact) mass is 326 g/mol. The predicted molar refractivity (Wildman–Crippen MR) is 98.4 cm³/mol. The van der Waals surface area contributed by atoms with Gasteiger partial charge in [0, 0.05) is 38.4 Å². The number of nitrogens with zero attached hydrogens (tertiary/aromatic N) is 3. The summed E-state index contributed by atoms with van der Waals surface area (Å²) in [5.41, 5.74) is 2.07. The number of hydrogen-bond acceptors (Lipinski definition) is 5. The van der Waals surface area contributed by atoms with Gasteiger partial charge in [0.2, 0.25) is 5.95 Å². The van der Waals surface area contributed by atoms with Crippen molar-refractivity contribution in [2.75, 3.05) is 43.6 Å². The second kappa shape index (κ2) is 8.11. The first kappa shape index (κ1) is 16.7. The second-order valence-corrected chi connectivity index (χ2v) is 6.42. The molecule has 1 aliphatic rings. The standard InChI is InChI=1S/C19H26N4O/c1-15-7-6-11-23(14-15)19-21-17(16-8-4-3-5-9-16)13-18(22-19)20-10-12-24-2/h3-5,8-9,13,15H,6-7,10-12,14H2,1-2H3,(H,20,21,22). The summed E-state index contributed by atoms with van der Waals surface area (Å²) in [7, 11) is 1.71. The molecule has 1 unspecified atom stereocenters. The summed E-state index contributed by atoms with van der Waals surface area (Å²) in [5, 5.41) is 3.34. The van der Waals surface area contributed by atoms with Gasteiger partial charge in [-0.3, -0.25) is 0 Å². The van der Waals surface area contributed by atoms with Gasteiger partial charge in [-0.2, -0.15) is 4.98 Å². The number of rotatable bonds is 6. The molecular weight excluding hydrogens is 300 g/mol. The number of benzene rings is 1. The van der Waals surface area contributed by atoms with E-state index in [0.29, 0.717) is 12.5 Å². The van der Waals surface area contributed by atoms with Crippen LogP contribution in [0, 0.1) is 5.92 Å². The number of aromatic nitrogens is 2. The Morgan fingerprint density at radius 2 is 2.08 bits per heavy atom. The summed E-state index contributed by atoms with van der Waals surface area (Å²) in [5.74, 6) is 2.37. The third-order valence-electron chi connectivity index (χ3n) is 4.34. The van der Waals surface area contributed by atoms with Gasteiger partial charge >= 0.3 is 0 Å². The number of ether oxygens (including phenoxy) is 1. The Balaban J connectivity index is 1.90. The fourth-order valence-electron chi connectivity index (χ4n) is 3.08. The van der Waals surface area contributed by atoms with Gasteiger partial charge in [0.25, 0.3) is 0 Å². The average Bonchev–Trinajstić information content (AvgIpc) is 2.62. The van der Waals surface area contributed by atoms with Gasteiger partial charge in [-0.05, 0) is 18.8 Å². The zero-order chi connectivity index (χ0) is 16.8. The van der Waals surface area contributed by atoms with Crippen molar-refractivity contribution in [2.24, 2.45) is 5.92 Å². The van der Waals surface area contributed by atoms with E-state index in [4.69, 9.17) is 14.7 Å². The third kappa shape index (κ3) is 4.23. The van der Waals surface area contributed by atoms with Crippen LogP contribution in [0.25, 0.3) is 11.3 Å². The van der Waals surface area contributed by atoms with E-state index in [1.165, 1.54) is 12.8 Å². The van der Waals surface area contributed by atoms with Crippen LogP contribution in [0.5, 0.6) is 0 Å². The van der Waals surface area contributed by atoms with Gasteiger partial charge in [0.05, 0.1) is 12.3 Å². The molecule has 1 fully saturated rings. The Labute approximate surface area is 144 Å². The molecule has 1 aliphatic heterocycles. The number of anilines is 2. The first-order valence-corrected chi connectivity index (χ1v) is 8.68. The number of methoxy groups -OCH3 is 1. The molecule has 3 rings (SSSR count). The molecule has 0 radical (unpaired) electrons. The molecule has 1 atom stereocenters. The topological polar surface area (TPSA) is 50.3 Å². The van der Waals surface area contributed by atoms with Crippen molar-refractivity contribution in [1.29, 1.82) is 0 Å². The lowest BCUT2D eigenvalue weighted by Gasteiger charge is -2.31. The fraction of sp³-hybridized carbons (Fsp3) is 0.474. The van der Waals surface area contributed by atoms with Gasteiger partial charge in [0.15, 0.2) is 0 Å². The highest BCUT2D eigenvalue weighted by Crippen LogP contribution is 2.25. The Hall–Kier alpha value is -2.14. The van der Waals surface area contributed by atoms with Gasteiger partial charge in [-0.25, -0.2) is 4.98 Å². The molecule has 5 heteroatoms. The Bertz CT molecular complexity index is 647. The Kier molecular flexibility index (Phi) is 5.64. The maximum absolute atomic E-state index is 5.12. The van der Waals surface area contributed by atoms with Crippen molar-refractivity contribution in [3.05, 3.63) is 36.4 Å². The quantitative estimate of drug-likeness (QED) is 0.824. The molecule has 1 N–H and O–H groups in total. The highest BCUT2D eigenvalue weighted by molar-refractivity contribution is 5.64.